The Balaban J connectivity index is 2.03. The van der Waals surface area contributed by atoms with Crippen LogP contribution in [0.2, 0.25) is 0 Å². The first-order chi connectivity index (χ1) is 11.5. The zero-order valence-electron chi connectivity index (χ0n) is 14.5. The molecule has 0 spiro atoms. The van der Waals surface area contributed by atoms with Gasteiger partial charge in [0, 0.05) is 38.8 Å². The monoisotopic (exact) mass is 335 g/mol. The summed E-state index contributed by atoms with van der Waals surface area (Å²) >= 11 is 0. The molecule has 8 nitrogen and oxygen atoms in total. The van der Waals surface area contributed by atoms with Gasteiger partial charge in [0.2, 0.25) is 0 Å². The number of aromatic nitrogens is 2. The lowest BCUT2D eigenvalue weighted by Gasteiger charge is -2.34. The van der Waals surface area contributed by atoms with E-state index >= 15 is 0 Å². The van der Waals surface area contributed by atoms with Crippen molar-refractivity contribution in [1.29, 1.82) is 0 Å². The Morgan fingerprint density at radius 2 is 1.92 bits per heavy atom. The SMILES string of the molecule is CCCNC(=O)c1cc(N2CCN(C(=O)OCC)CC2)nc(C)n1. The zero-order chi connectivity index (χ0) is 17.5. The molecule has 1 aliphatic rings. The number of amides is 2. The van der Waals surface area contributed by atoms with E-state index < -0.39 is 0 Å². The van der Waals surface area contributed by atoms with Gasteiger partial charge < -0.3 is 19.9 Å². The van der Waals surface area contributed by atoms with Crippen LogP contribution in [-0.4, -0.2) is 66.2 Å². The summed E-state index contributed by atoms with van der Waals surface area (Å²) in [5, 5.41) is 2.82. The number of hydrogen-bond donors (Lipinski definition) is 1. The number of nitrogens with zero attached hydrogens (tertiary/aromatic N) is 4. The van der Waals surface area contributed by atoms with Crippen LogP contribution < -0.4 is 10.2 Å². The van der Waals surface area contributed by atoms with Crippen molar-refractivity contribution in [2.75, 3.05) is 44.2 Å². The molecule has 2 amide bonds. The topological polar surface area (TPSA) is 87.7 Å². The fourth-order valence-electron chi connectivity index (χ4n) is 2.49. The molecule has 1 aromatic rings. The second-order valence-electron chi connectivity index (χ2n) is 5.59. The van der Waals surface area contributed by atoms with Gasteiger partial charge in [-0.3, -0.25) is 4.79 Å². The number of rotatable bonds is 5. The average molecular weight is 335 g/mol. The maximum absolute atomic E-state index is 12.1. The minimum atomic E-state index is -0.282. The summed E-state index contributed by atoms with van der Waals surface area (Å²) in [6, 6.07) is 1.71. The Labute approximate surface area is 142 Å². The molecule has 1 fully saturated rings. The van der Waals surface area contributed by atoms with E-state index in [0.717, 1.165) is 6.42 Å². The normalized spacial score (nSPS) is 14.5. The smallest absolute Gasteiger partial charge is 0.409 e. The van der Waals surface area contributed by atoms with Crippen molar-refractivity contribution in [1.82, 2.24) is 20.2 Å². The van der Waals surface area contributed by atoms with Gasteiger partial charge in [0.25, 0.3) is 5.91 Å². The molecular formula is C16H25N5O3. The van der Waals surface area contributed by atoms with E-state index in [2.05, 4.69) is 20.2 Å². The van der Waals surface area contributed by atoms with E-state index in [9.17, 15) is 9.59 Å². The molecule has 0 unspecified atom stereocenters. The maximum Gasteiger partial charge on any atom is 0.409 e. The molecule has 24 heavy (non-hydrogen) atoms. The number of ether oxygens (including phenoxy) is 1. The molecule has 8 heteroatoms. The van der Waals surface area contributed by atoms with E-state index in [1.54, 1.807) is 24.8 Å². The largest absolute Gasteiger partial charge is 0.450 e. The van der Waals surface area contributed by atoms with Crippen molar-refractivity contribution in [3.63, 3.8) is 0 Å². The Kier molecular flexibility index (Phi) is 6.34. The van der Waals surface area contributed by atoms with Gasteiger partial charge in [-0.1, -0.05) is 6.92 Å². The molecule has 0 atom stereocenters. The first-order valence-electron chi connectivity index (χ1n) is 8.35. The standard InChI is InChI=1S/C16H25N5O3/c1-4-6-17-15(22)13-11-14(19-12(3)18-13)20-7-9-21(10-8-20)16(23)24-5-2/h11H,4-10H2,1-3H3,(H,17,22). The second-order valence-corrected chi connectivity index (χ2v) is 5.59. The van der Waals surface area contributed by atoms with Crippen LogP contribution in [0, 0.1) is 6.92 Å². The second kappa shape index (κ2) is 8.47. The highest BCUT2D eigenvalue weighted by molar-refractivity contribution is 5.92. The summed E-state index contributed by atoms with van der Waals surface area (Å²) < 4.78 is 5.02. The predicted molar refractivity (Wildman–Crippen MR) is 90.2 cm³/mol. The Hall–Kier alpha value is -2.38. The Morgan fingerprint density at radius 1 is 1.21 bits per heavy atom. The molecular weight excluding hydrogens is 310 g/mol. The number of hydrogen-bond acceptors (Lipinski definition) is 6. The molecule has 1 aromatic heterocycles. The van der Waals surface area contributed by atoms with Crippen LogP contribution >= 0.6 is 0 Å². The number of carbonyl (C=O) groups is 2. The van der Waals surface area contributed by atoms with Crippen molar-refractivity contribution in [2.24, 2.45) is 0 Å². The lowest BCUT2D eigenvalue weighted by atomic mass is 10.3. The van der Waals surface area contributed by atoms with Crippen molar-refractivity contribution in [2.45, 2.75) is 27.2 Å². The summed E-state index contributed by atoms with van der Waals surface area (Å²) in [6.07, 6.45) is 0.592. The van der Waals surface area contributed by atoms with E-state index in [1.807, 2.05) is 6.92 Å². The van der Waals surface area contributed by atoms with E-state index in [4.69, 9.17) is 4.74 Å². The lowest BCUT2D eigenvalue weighted by molar-refractivity contribution is 0.0948. The van der Waals surface area contributed by atoms with Crippen molar-refractivity contribution < 1.29 is 14.3 Å². The highest BCUT2D eigenvalue weighted by Gasteiger charge is 2.23. The van der Waals surface area contributed by atoms with Gasteiger partial charge in [-0.25, -0.2) is 14.8 Å². The van der Waals surface area contributed by atoms with Gasteiger partial charge in [0.1, 0.15) is 17.3 Å². The minimum absolute atomic E-state index is 0.186. The molecule has 2 heterocycles. The number of nitrogens with one attached hydrogen (secondary N) is 1. The van der Waals surface area contributed by atoms with Crippen LogP contribution in [0.15, 0.2) is 6.07 Å². The van der Waals surface area contributed by atoms with Crippen molar-refractivity contribution >= 4 is 17.8 Å². The Bertz CT molecular complexity index is 585. The fourth-order valence-corrected chi connectivity index (χ4v) is 2.49. The van der Waals surface area contributed by atoms with Gasteiger partial charge in [-0.05, 0) is 20.3 Å². The third kappa shape index (κ3) is 4.56. The molecule has 1 N–H and O–H groups in total. The molecule has 0 bridgehead atoms. The predicted octanol–water partition coefficient (Wildman–Crippen LogP) is 1.20. The zero-order valence-corrected chi connectivity index (χ0v) is 14.5. The lowest BCUT2D eigenvalue weighted by Crippen LogP contribution is -2.49. The molecule has 0 radical (unpaired) electrons. The minimum Gasteiger partial charge on any atom is -0.450 e. The van der Waals surface area contributed by atoms with Gasteiger partial charge in [-0.15, -0.1) is 0 Å². The van der Waals surface area contributed by atoms with Gasteiger partial charge in [0.15, 0.2) is 0 Å². The summed E-state index contributed by atoms with van der Waals surface area (Å²) in [7, 11) is 0. The van der Waals surface area contributed by atoms with Crippen LogP contribution in [0.3, 0.4) is 0 Å². The summed E-state index contributed by atoms with van der Waals surface area (Å²) in [5.74, 6) is 1.09. The van der Waals surface area contributed by atoms with Gasteiger partial charge in [0.05, 0.1) is 6.61 Å². The number of aryl methyl sites for hydroxylation is 1. The van der Waals surface area contributed by atoms with Crippen LogP contribution in [0.1, 0.15) is 36.6 Å². The number of anilines is 1. The highest BCUT2D eigenvalue weighted by Crippen LogP contribution is 2.16. The summed E-state index contributed by atoms with van der Waals surface area (Å²) in [6.45, 7) is 8.99. The van der Waals surface area contributed by atoms with Crippen LogP contribution in [0.25, 0.3) is 0 Å². The quantitative estimate of drug-likeness (QED) is 0.870. The average Bonchev–Trinajstić information content (AvgIpc) is 2.59. The van der Waals surface area contributed by atoms with Gasteiger partial charge in [-0.2, -0.15) is 0 Å². The van der Waals surface area contributed by atoms with Crippen molar-refractivity contribution in [3.8, 4) is 0 Å². The van der Waals surface area contributed by atoms with Gasteiger partial charge >= 0.3 is 6.09 Å². The third-order valence-electron chi connectivity index (χ3n) is 3.72. The maximum atomic E-state index is 12.1. The molecule has 0 saturated carbocycles. The van der Waals surface area contributed by atoms with E-state index in [0.29, 0.717) is 56.7 Å². The molecule has 0 aliphatic carbocycles. The summed E-state index contributed by atoms with van der Waals surface area (Å²) in [4.78, 5) is 36.2. The Morgan fingerprint density at radius 3 is 2.54 bits per heavy atom. The number of piperazine rings is 1. The highest BCUT2D eigenvalue weighted by atomic mass is 16.6. The van der Waals surface area contributed by atoms with Crippen LogP contribution in [0.4, 0.5) is 10.6 Å². The van der Waals surface area contributed by atoms with Crippen LogP contribution in [0.5, 0.6) is 0 Å². The van der Waals surface area contributed by atoms with Crippen molar-refractivity contribution in [3.05, 3.63) is 17.6 Å². The summed E-state index contributed by atoms with van der Waals surface area (Å²) in [5.41, 5.74) is 0.374. The van der Waals surface area contributed by atoms with E-state index in [1.165, 1.54) is 0 Å². The molecule has 1 aliphatic heterocycles. The fraction of sp³-hybridized carbons (Fsp3) is 0.625. The molecule has 132 valence electrons. The third-order valence-corrected chi connectivity index (χ3v) is 3.72. The number of carbonyl (C=O) groups excluding carboxylic acids is 2. The first-order valence-corrected chi connectivity index (χ1v) is 8.35. The first kappa shape index (κ1) is 18.0. The van der Waals surface area contributed by atoms with E-state index in [-0.39, 0.29) is 12.0 Å². The molecule has 1 saturated heterocycles. The van der Waals surface area contributed by atoms with Crippen LogP contribution in [-0.2, 0) is 4.74 Å². The molecule has 0 aromatic carbocycles. The molecule has 2 rings (SSSR count).